The summed E-state index contributed by atoms with van der Waals surface area (Å²) in [6.07, 6.45) is 0. The van der Waals surface area contributed by atoms with Gasteiger partial charge in [-0.3, -0.25) is 0 Å². The molecule has 0 atom stereocenters. The largest absolute Gasteiger partial charge is 0.493 e. The predicted molar refractivity (Wildman–Crippen MR) is 49.7 cm³/mol. The van der Waals surface area contributed by atoms with Gasteiger partial charge in [-0.15, -0.1) is 0 Å². The van der Waals surface area contributed by atoms with Gasteiger partial charge < -0.3 is 4.74 Å². The Bertz CT molecular complexity index is 377. The molecule has 0 aliphatic heterocycles. The van der Waals surface area contributed by atoms with Crippen LogP contribution in [0.1, 0.15) is 22.5 Å². The SMILES string of the molecule is COc1c(C#N)nc(C)c(C)c1C. The molecule has 0 aliphatic carbocycles. The highest BCUT2D eigenvalue weighted by atomic mass is 16.5. The number of nitriles is 1. The molecule has 0 fully saturated rings. The molecule has 3 nitrogen and oxygen atoms in total. The minimum atomic E-state index is 0.364. The molecule has 68 valence electrons. The molecule has 0 saturated carbocycles. The van der Waals surface area contributed by atoms with Crippen molar-refractivity contribution in [2.45, 2.75) is 20.8 Å². The molecule has 3 heteroatoms. The Kier molecular flexibility index (Phi) is 2.52. The van der Waals surface area contributed by atoms with Crippen molar-refractivity contribution in [1.29, 1.82) is 5.26 Å². The van der Waals surface area contributed by atoms with E-state index in [0.29, 0.717) is 11.4 Å². The van der Waals surface area contributed by atoms with Gasteiger partial charge in [0.15, 0.2) is 11.4 Å². The Hall–Kier alpha value is -1.56. The van der Waals surface area contributed by atoms with Gasteiger partial charge in [0, 0.05) is 5.69 Å². The van der Waals surface area contributed by atoms with Crippen LogP contribution in [0.25, 0.3) is 0 Å². The fourth-order valence-corrected chi connectivity index (χ4v) is 1.25. The fraction of sp³-hybridized carbons (Fsp3) is 0.400. The van der Waals surface area contributed by atoms with E-state index in [2.05, 4.69) is 4.98 Å². The standard InChI is InChI=1S/C10H12N2O/c1-6-7(2)10(13-4)9(5-11)12-8(6)3/h1-4H3. The quantitative estimate of drug-likeness (QED) is 0.656. The first-order valence-corrected chi connectivity index (χ1v) is 4.03. The number of hydrogen-bond donors (Lipinski definition) is 0. The second-order valence-corrected chi connectivity index (χ2v) is 2.94. The summed E-state index contributed by atoms with van der Waals surface area (Å²) in [7, 11) is 1.56. The lowest BCUT2D eigenvalue weighted by molar-refractivity contribution is 0.407. The average molecular weight is 176 g/mol. The first-order valence-electron chi connectivity index (χ1n) is 4.03. The molecular formula is C10H12N2O. The fourth-order valence-electron chi connectivity index (χ4n) is 1.25. The zero-order valence-corrected chi connectivity index (χ0v) is 8.30. The van der Waals surface area contributed by atoms with Gasteiger partial charge in [-0.25, -0.2) is 4.98 Å². The third-order valence-corrected chi connectivity index (χ3v) is 2.25. The van der Waals surface area contributed by atoms with Crippen LogP contribution in [0.5, 0.6) is 5.75 Å². The zero-order valence-electron chi connectivity index (χ0n) is 8.30. The van der Waals surface area contributed by atoms with Crippen molar-refractivity contribution in [2.75, 3.05) is 7.11 Å². The molecule has 1 aromatic heterocycles. The number of nitrogens with zero attached hydrogens (tertiary/aromatic N) is 2. The number of aryl methyl sites for hydroxylation is 1. The zero-order chi connectivity index (χ0) is 10.0. The molecule has 0 N–H and O–H groups in total. The van der Waals surface area contributed by atoms with Crippen molar-refractivity contribution >= 4 is 0 Å². The van der Waals surface area contributed by atoms with E-state index in [1.807, 2.05) is 26.8 Å². The molecule has 0 aromatic carbocycles. The first kappa shape index (κ1) is 9.53. The Morgan fingerprint density at radius 1 is 1.23 bits per heavy atom. The van der Waals surface area contributed by atoms with E-state index >= 15 is 0 Å². The van der Waals surface area contributed by atoms with Crippen molar-refractivity contribution in [3.63, 3.8) is 0 Å². The summed E-state index contributed by atoms with van der Waals surface area (Å²) in [5.41, 5.74) is 3.32. The normalized spacial score (nSPS) is 9.46. The topological polar surface area (TPSA) is 45.9 Å². The molecule has 13 heavy (non-hydrogen) atoms. The smallest absolute Gasteiger partial charge is 0.183 e. The van der Waals surface area contributed by atoms with E-state index < -0.39 is 0 Å². The van der Waals surface area contributed by atoms with Gasteiger partial charge in [0.25, 0.3) is 0 Å². The Labute approximate surface area is 78.0 Å². The van der Waals surface area contributed by atoms with Gasteiger partial charge in [0.05, 0.1) is 7.11 Å². The molecule has 1 aromatic rings. The molecule has 0 spiro atoms. The second kappa shape index (κ2) is 3.44. The van der Waals surface area contributed by atoms with Crippen molar-refractivity contribution in [1.82, 2.24) is 4.98 Å². The number of ether oxygens (including phenoxy) is 1. The van der Waals surface area contributed by atoms with Gasteiger partial charge in [0.2, 0.25) is 0 Å². The van der Waals surface area contributed by atoms with Crippen LogP contribution < -0.4 is 4.74 Å². The molecular weight excluding hydrogens is 164 g/mol. The number of methoxy groups -OCH3 is 1. The van der Waals surface area contributed by atoms with Crippen LogP contribution in [0.3, 0.4) is 0 Å². The Morgan fingerprint density at radius 3 is 2.31 bits per heavy atom. The highest BCUT2D eigenvalue weighted by Crippen LogP contribution is 2.25. The second-order valence-electron chi connectivity index (χ2n) is 2.94. The molecule has 1 heterocycles. The van der Waals surface area contributed by atoms with Crippen LogP contribution in [-0.4, -0.2) is 12.1 Å². The summed E-state index contributed by atoms with van der Waals surface area (Å²) in [5, 5.41) is 8.80. The molecule has 0 bridgehead atoms. The maximum atomic E-state index is 8.80. The van der Waals surface area contributed by atoms with E-state index in [1.165, 1.54) is 0 Å². The van der Waals surface area contributed by atoms with Gasteiger partial charge >= 0.3 is 0 Å². The van der Waals surface area contributed by atoms with E-state index in [1.54, 1.807) is 7.11 Å². The van der Waals surface area contributed by atoms with E-state index in [9.17, 15) is 0 Å². The monoisotopic (exact) mass is 176 g/mol. The van der Waals surface area contributed by atoms with Crippen LogP contribution in [0, 0.1) is 32.1 Å². The average Bonchev–Trinajstić information content (AvgIpc) is 2.13. The third-order valence-electron chi connectivity index (χ3n) is 2.25. The van der Waals surface area contributed by atoms with Crippen molar-refractivity contribution in [3.05, 3.63) is 22.5 Å². The van der Waals surface area contributed by atoms with Crippen LogP contribution >= 0.6 is 0 Å². The number of pyridine rings is 1. The van der Waals surface area contributed by atoms with Crippen molar-refractivity contribution in [2.24, 2.45) is 0 Å². The highest BCUT2D eigenvalue weighted by Gasteiger charge is 2.11. The van der Waals surface area contributed by atoms with Gasteiger partial charge in [-0.2, -0.15) is 5.26 Å². The lowest BCUT2D eigenvalue weighted by Gasteiger charge is -2.10. The van der Waals surface area contributed by atoms with Crippen LogP contribution in [-0.2, 0) is 0 Å². The summed E-state index contributed by atoms with van der Waals surface area (Å²) in [6, 6.07) is 2.02. The summed E-state index contributed by atoms with van der Waals surface area (Å²) in [6.45, 7) is 5.80. The Morgan fingerprint density at radius 2 is 1.85 bits per heavy atom. The van der Waals surface area contributed by atoms with Crippen molar-refractivity contribution in [3.8, 4) is 11.8 Å². The number of aromatic nitrogens is 1. The predicted octanol–water partition coefficient (Wildman–Crippen LogP) is 1.89. The minimum Gasteiger partial charge on any atom is -0.493 e. The van der Waals surface area contributed by atoms with E-state index in [-0.39, 0.29) is 0 Å². The van der Waals surface area contributed by atoms with Crippen molar-refractivity contribution < 1.29 is 4.74 Å². The maximum absolute atomic E-state index is 8.80. The summed E-state index contributed by atoms with van der Waals surface area (Å²) in [5.74, 6) is 0.589. The molecule has 0 amide bonds. The number of rotatable bonds is 1. The van der Waals surface area contributed by atoms with E-state index in [4.69, 9.17) is 10.00 Å². The molecule has 0 saturated heterocycles. The third kappa shape index (κ3) is 1.48. The van der Waals surface area contributed by atoms with Crippen LogP contribution in [0.4, 0.5) is 0 Å². The van der Waals surface area contributed by atoms with E-state index in [0.717, 1.165) is 16.8 Å². The summed E-state index contributed by atoms with van der Waals surface area (Å²) >= 11 is 0. The molecule has 0 aliphatic rings. The van der Waals surface area contributed by atoms with Gasteiger partial charge in [-0.1, -0.05) is 0 Å². The van der Waals surface area contributed by atoms with Crippen LogP contribution in [0.15, 0.2) is 0 Å². The van der Waals surface area contributed by atoms with Gasteiger partial charge in [-0.05, 0) is 31.9 Å². The van der Waals surface area contributed by atoms with Crippen LogP contribution in [0.2, 0.25) is 0 Å². The number of hydrogen-bond acceptors (Lipinski definition) is 3. The summed E-state index contributed by atoms with van der Waals surface area (Å²) < 4.78 is 5.12. The molecule has 0 unspecified atom stereocenters. The first-order chi connectivity index (χ1) is 6.11. The lowest BCUT2D eigenvalue weighted by atomic mass is 10.1. The highest BCUT2D eigenvalue weighted by molar-refractivity contribution is 5.48. The lowest BCUT2D eigenvalue weighted by Crippen LogP contribution is -2.00. The maximum Gasteiger partial charge on any atom is 0.183 e. The molecule has 1 rings (SSSR count). The van der Waals surface area contributed by atoms with Gasteiger partial charge in [0.1, 0.15) is 6.07 Å². The minimum absolute atomic E-state index is 0.364. The Balaban J connectivity index is 3.50. The summed E-state index contributed by atoms with van der Waals surface area (Å²) in [4.78, 5) is 4.14. The molecule has 0 radical (unpaired) electrons.